The molecule has 7 heteroatoms. The van der Waals surface area contributed by atoms with Crippen molar-refractivity contribution in [3.63, 3.8) is 0 Å². The van der Waals surface area contributed by atoms with Gasteiger partial charge in [0.2, 0.25) is 10.0 Å². The Morgan fingerprint density at radius 3 is 2.70 bits per heavy atom. The number of thiophene rings is 1. The Kier molecular flexibility index (Phi) is 5.19. The van der Waals surface area contributed by atoms with Gasteiger partial charge in [0.25, 0.3) is 0 Å². The number of sulfonamides is 1. The second kappa shape index (κ2) is 6.53. The van der Waals surface area contributed by atoms with Crippen LogP contribution < -0.4 is 10.0 Å². The minimum Gasteiger partial charge on any atom is -0.309 e. The third kappa shape index (κ3) is 4.82. The van der Waals surface area contributed by atoms with E-state index in [9.17, 15) is 8.42 Å². The van der Waals surface area contributed by atoms with E-state index in [1.807, 2.05) is 32.0 Å². The molecule has 0 aliphatic heterocycles. The lowest BCUT2D eigenvalue weighted by atomic mass is 10.3. The zero-order valence-electron chi connectivity index (χ0n) is 12.2. The molecule has 0 radical (unpaired) electrons. The van der Waals surface area contributed by atoms with Gasteiger partial charge in [0.1, 0.15) is 4.21 Å². The van der Waals surface area contributed by atoms with Gasteiger partial charge in [0, 0.05) is 30.1 Å². The Morgan fingerprint density at radius 1 is 1.40 bits per heavy atom. The van der Waals surface area contributed by atoms with E-state index in [1.54, 1.807) is 6.07 Å². The van der Waals surface area contributed by atoms with Crippen LogP contribution in [-0.4, -0.2) is 46.0 Å². The normalized spacial score (nSPS) is 17.6. The van der Waals surface area contributed by atoms with Gasteiger partial charge in [-0.3, -0.25) is 0 Å². The fourth-order valence-corrected chi connectivity index (χ4v) is 4.60. The predicted molar refractivity (Wildman–Crippen MR) is 82.5 cm³/mol. The van der Waals surface area contributed by atoms with Crippen molar-refractivity contribution in [3.05, 3.63) is 17.0 Å². The van der Waals surface area contributed by atoms with Crippen molar-refractivity contribution in [1.29, 1.82) is 0 Å². The summed E-state index contributed by atoms with van der Waals surface area (Å²) in [7, 11) is 0.463. The van der Waals surface area contributed by atoms with Gasteiger partial charge in [-0.1, -0.05) is 0 Å². The second-order valence-electron chi connectivity index (χ2n) is 5.66. The highest BCUT2D eigenvalue weighted by Crippen LogP contribution is 2.24. The molecule has 1 aliphatic rings. The van der Waals surface area contributed by atoms with Crippen LogP contribution in [0.1, 0.15) is 24.6 Å². The summed E-state index contributed by atoms with van der Waals surface area (Å²) in [5, 5.41) is 3.39. The van der Waals surface area contributed by atoms with Gasteiger partial charge >= 0.3 is 0 Å². The van der Waals surface area contributed by atoms with Crippen molar-refractivity contribution in [2.45, 2.75) is 42.6 Å². The number of nitrogens with one attached hydrogen (secondary N) is 2. The number of hydrogen-bond acceptors (Lipinski definition) is 5. The molecule has 0 saturated heterocycles. The smallest absolute Gasteiger partial charge is 0.250 e. The van der Waals surface area contributed by atoms with Gasteiger partial charge in [-0.2, -0.15) is 0 Å². The Bertz CT molecular complexity index is 536. The molecule has 1 unspecified atom stereocenters. The summed E-state index contributed by atoms with van der Waals surface area (Å²) < 4.78 is 27.6. The van der Waals surface area contributed by atoms with Crippen LogP contribution in [0.15, 0.2) is 16.3 Å². The fraction of sp³-hybridized carbons (Fsp3) is 0.692. The summed E-state index contributed by atoms with van der Waals surface area (Å²) in [5.74, 6) is 0. The van der Waals surface area contributed by atoms with Gasteiger partial charge in [-0.05, 0) is 46.0 Å². The van der Waals surface area contributed by atoms with Crippen LogP contribution in [0.5, 0.6) is 0 Å². The molecule has 0 bridgehead atoms. The molecule has 0 aromatic carbocycles. The highest BCUT2D eigenvalue weighted by Gasteiger charge is 2.22. The molecule has 5 nitrogen and oxygen atoms in total. The van der Waals surface area contributed by atoms with E-state index < -0.39 is 10.0 Å². The zero-order chi connectivity index (χ0) is 14.8. The van der Waals surface area contributed by atoms with Gasteiger partial charge in [-0.15, -0.1) is 11.3 Å². The van der Waals surface area contributed by atoms with Gasteiger partial charge < -0.3 is 10.2 Å². The highest BCUT2D eigenvalue weighted by atomic mass is 32.2. The average molecular weight is 317 g/mol. The molecule has 1 saturated carbocycles. The van der Waals surface area contributed by atoms with E-state index in [1.165, 1.54) is 24.2 Å². The molecule has 1 heterocycles. The SMILES string of the molecule is CC(CN(C)C)NS(=O)(=O)c1ccc(CNC2CC2)s1. The van der Waals surface area contributed by atoms with Crippen molar-refractivity contribution in [2.75, 3.05) is 20.6 Å². The van der Waals surface area contributed by atoms with E-state index in [0.29, 0.717) is 16.8 Å². The van der Waals surface area contributed by atoms with E-state index in [4.69, 9.17) is 0 Å². The summed E-state index contributed by atoms with van der Waals surface area (Å²) in [6.45, 7) is 3.32. The topological polar surface area (TPSA) is 61.4 Å². The molecule has 2 N–H and O–H groups in total. The Morgan fingerprint density at radius 2 is 2.10 bits per heavy atom. The Hall–Kier alpha value is -0.470. The molecule has 1 fully saturated rings. The van der Waals surface area contributed by atoms with E-state index >= 15 is 0 Å². The number of likely N-dealkylation sites (N-methyl/N-ethyl adjacent to an activating group) is 1. The molecule has 114 valence electrons. The highest BCUT2D eigenvalue weighted by molar-refractivity contribution is 7.91. The van der Waals surface area contributed by atoms with E-state index in [0.717, 1.165) is 11.4 Å². The van der Waals surface area contributed by atoms with E-state index in [-0.39, 0.29) is 6.04 Å². The maximum atomic E-state index is 12.2. The molecular weight excluding hydrogens is 294 g/mol. The van der Waals surface area contributed by atoms with E-state index in [2.05, 4.69) is 10.0 Å². The van der Waals surface area contributed by atoms with Crippen molar-refractivity contribution in [1.82, 2.24) is 14.9 Å². The van der Waals surface area contributed by atoms with Crippen molar-refractivity contribution < 1.29 is 8.42 Å². The second-order valence-corrected chi connectivity index (χ2v) is 8.77. The number of hydrogen-bond donors (Lipinski definition) is 2. The molecule has 20 heavy (non-hydrogen) atoms. The molecule has 1 aliphatic carbocycles. The predicted octanol–water partition coefficient (Wildman–Crippen LogP) is 1.23. The average Bonchev–Trinajstić information content (AvgIpc) is 3.01. The largest absolute Gasteiger partial charge is 0.309 e. The van der Waals surface area contributed by atoms with Crippen LogP contribution in [0, 0.1) is 0 Å². The van der Waals surface area contributed by atoms with Crippen LogP contribution in [-0.2, 0) is 16.6 Å². The van der Waals surface area contributed by atoms with Gasteiger partial charge in [0.15, 0.2) is 0 Å². The van der Waals surface area contributed by atoms with Gasteiger partial charge in [-0.25, -0.2) is 13.1 Å². The fourth-order valence-electron chi connectivity index (χ4n) is 2.04. The van der Waals surface area contributed by atoms with Gasteiger partial charge in [0.05, 0.1) is 0 Å². The van der Waals surface area contributed by atoms with Crippen LogP contribution in [0.4, 0.5) is 0 Å². The summed E-state index contributed by atoms with van der Waals surface area (Å²) in [6.07, 6.45) is 2.47. The van der Waals surface area contributed by atoms with Crippen molar-refractivity contribution in [2.24, 2.45) is 0 Å². The first-order valence-corrected chi connectivity index (χ1v) is 9.16. The minimum absolute atomic E-state index is 0.106. The molecule has 1 atom stereocenters. The van der Waals surface area contributed by atoms with Crippen molar-refractivity contribution >= 4 is 21.4 Å². The standard InChI is InChI=1S/C13H23N3O2S2/c1-10(9-16(2)3)15-20(17,18)13-7-6-12(19-13)8-14-11-4-5-11/h6-7,10-11,14-15H,4-5,8-9H2,1-3H3. The summed E-state index contributed by atoms with van der Waals surface area (Å²) in [6, 6.07) is 4.12. The zero-order valence-corrected chi connectivity index (χ0v) is 13.9. The van der Waals surface area contributed by atoms with Crippen LogP contribution in [0.25, 0.3) is 0 Å². The maximum absolute atomic E-state index is 12.2. The van der Waals surface area contributed by atoms with Crippen LogP contribution in [0.2, 0.25) is 0 Å². The summed E-state index contributed by atoms with van der Waals surface area (Å²) in [5.41, 5.74) is 0. The first-order valence-electron chi connectivity index (χ1n) is 6.86. The molecular formula is C13H23N3O2S2. The molecule has 0 spiro atoms. The lowest BCUT2D eigenvalue weighted by molar-refractivity contribution is 0.370. The quantitative estimate of drug-likeness (QED) is 0.757. The first-order chi connectivity index (χ1) is 9.37. The minimum atomic E-state index is -3.39. The molecule has 0 amide bonds. The molecule has 1 aromatic rings. The Labute approximate surface area is 125 Å². The summed E-state index contributed by atoms with van der Waals surface area (Å²) >= 11 is 1.34. The third-order valence-corrected chi connectivity index (χ3v) is 6.21. The lowest BCUT2D eigenvalue weighted by Crippen LogP contribution is -2.39. The van der Waals surface area contributed by atoms with Crippen LogP contribution in [0.3, 0.4) is 0 Å². The van der Waals surface area contributed by atoms with Crippen LogP contribution >= 0.6 is 11.3 Å². The third-order valence-electron chi connectivity index (χ3n) is 3.04. The monoisotopic (exact) mass is 317 g/mol. The number of nitrogens with zero attached hydrogens (tertiary/aromatic N) is 1. The molecule has 1 aromatic heterocycles. The molecule has 2 rings (SSSR count). The Balaban J connectivity index is 1.94. The van der Waals surface area contributed by atoms with Crippen molar-refractivity contribution in [3.8, 4) is 0 Å². The maximum Gasteiger partial charge on any atom is 0.250 e. The first kappa shape index (κ1) is 15.9. The lowest BCUT2D eigenvalue weighted by Gasteiger charge is -2.17. The summed E-state index contributed by atoms with van der Waals surface area (Å²) in [4.78, 5) is 3.03. The number of rotatable bonds is 8.